The number of hydrogen-bond donors (Lipinski definition) is 2. The van der Waals surface area contributed by atoms with Crippen LogP contribution < -0.4 is 5.63 Å². The van der Waals surface area contributed by atoms with Gasteiger partial charge in [-0.05, 0) is 13.8 Å². The zero-order chi connectivity index (χ0) is 9.30. The van der Waals surface area contributed by atoms with Gasteiger partial charge >= 0.3 is 5.63 Å². The van der Waals surface area contributed by atoms with Gasteiger partial charge in [-0.2, -0.15) is 0 Å². The van der Waals surface area contributed by atoms with Crippen LogP contribution >= 0.6 is 0 Å². The molecule has 66 valence electrons. The Morgan fingerprint density at radius 1 is 1.58 bits per heavy atom. The van der Waals surface area contributed by atoms with E-state index in [1.807, 2.05) is 0 Å². The highest BCUT2D eigenvalue weighted by molar-refractivity contribution is 5.33. The van der Waals surface area contributed by atoms with Gasteiger partial charge in [0, 0.05) is 0 Å². The Morgan fingerprint density at radius 3 is 2.58 bits per heavy atom. The molecule has 0 bridgehead atoms. The molecular formula is C8H10O4. The number of rotatable bonds is 1. The minimum Gasteiger partial charge on any atom is -0.507 e. The molecular weight excluding hydrogens is 160 g/mol. The summed E-state index contributed by atoms with van der Waals surface area (Å²) in [4.78, 5) is 10.7. The molecule has 0 spiro atoms. The molecule has 0 saturated carbocycles. The lowest BCUT2D eigenvalue weighted by Gasteiger charge is -2.08. The molecule has 1 aromatic heterocycles. The van der Waals surface area contributed by atoms with E-state index in [-0.39, 0.29) is 17.1 Å². The largest absolute Gasteiger partial charge is 0.507 e. The normalized spacial score (nSPS) is 12.9. The fourth-order valence-corrected chi connectivity index (χ4v) is 1.11. The molecule has 2 N–H and O–H groups in total. The molecule has 1 aromatic rings. The van der Waals surface area contributed by atoms with Crippen LogP contribution in [0, 0.1) is 6.92 Å². The average Bonchev–Trinajstić information content (AvgIpc) is 1.82. The molecule has 0 aromatic carbocycles. The standard InChI is InChI=1S/C8H10O4/c1-4(9)8-5(2)12-7(11)3-6(8)10/h3-4,9-10H,1-2H3. The van der Waals surface area contributed by atoms with Crippen molar-refractivity contribution in [2.24, 2.45) is 0 Å². The van der Waals surface area contributed by atoms with E-state index in [4.69, 9.17) is 5.11 Å². The maximum Gasteiger partial charge on any atom is 0.339 e. The van der Waals surface area contributed by atoms with Crippen molar-refractivity contribution in [1.29, 1.82) is 0 Å². The van der Waals surface area contributed by atoms with Crippen LogP contribution in [0.4, 0.5) is 0 Å². The van der Waals surface area contributed by atoms with E-state index in [2.05, 4.69) is 4.42 Å². The minimum atomic E-state index is -0.839. The molecule has 1 rings (SSSR count). The van der Waals surface area contributed by atoms with Crippen molar-refractivity contribution >= 4 is 0 Å². The second kappa shape index (κ2) is 2.98. The molecule has 0 fully saturated rings. The van der Waals surface area contributed by atoms with Gasteiger partial charge in [0.2, 0.25) is 0 Å². The molecule has 12 heavy (non-hydrogen) atoms. The quantitative estimate of drug-likeness (QED) is 0.651. The topological polar surface area (TPSA) is 70.7 Å². The highest BCUT2D eigenvalue weighted by Gasteiger charge is 2.13. The minimum absolute atomic E-state index is 0.223. The van der Waals surface area contributed by atoms with Crippen molar-refractivity contribution in [3.63, 3.8) is 0 Å². The molecule has 0 radical (unpaired) electrons. The first-order chi connectivity index (χ1) is 5.52. The third-order valence-electron chi connectivity index (χ3n) is 1.58. The molecule has 1 heterocycles. The van der Waals surface area contributed by atoms with Crippen LogP contribution in [-0.4, -0.2) is 10.2 Å². The fraction of sp³-hybridized carbons (Fsp3) is 0.375. The highest BCUT2D eigenvalue weighted by atomic mass is 16.4. The fourth-order valence-electron chi connectivity index (χ4n) is 1.11. The lowest BCUT2D eigenvalue weighted by atomic mass is 10.1. The van der Waals surface area contributed by atoms with Crippen molar-refractivity contribution in [2.45, 2.75) is 20.0 Å². The summed E-state index contributed by atoms with van der Waals surface area (Å²) in [5, 5.41) is 18.4. The number of aryl methyl sites for hydroxylation is 1. The zero-order valence-corrected chi connectivity index (χ0v) is 6.87. The van der Waals surface area contributed by atoms with Gasteiger partial charge < -0.3 is 14.6 Å². The van der Waals surface area contributed by atoms with Crippen LogP contribution in [-0.2, 0) is 0 Å². The molecule has 0 saturated heterocycles. The van der Waals surface area contributed by atoms with E-state index in [0.29, 0.717) is 0 Å². The maximum atomic E-state index is 10.7. The Labute approximate surface area is 69.1 Å². The Kier molecular flexibility index (Phi) is 2.19. The van der Waals surface area contributed by atoms with Gasteiger partial charge in [-0.15, -0.1) is 0 Å². The summed E-state index contributed by atoms with van der Waals surface area (Å²) in [6.45, 7) is 3.01. The summed E-state index contributed by atoms with van der Waals surface area (Å²) in [5.74, 6) is 0.0220. The zero-order valence-electron chi connectivity index (χ0n) is 6.87. The molecule has 0 aliphatic carbocycles. The summed E-state index contributed by atoms with van der Waals surface area (Å²) in [5.41, 5.74) is -0.357. The third-order valence-corrected chi connectivity index (χ3v) is 1.58. The molecule has 1 atom stereocenters. The van der Waals surface area contributed by atoms with E-state index in [0.717, 1.165) is 6.07 Å². The smallest absolute Gasteiger partial charge is 0.339 e. The Hall–Kier alpha value is -1.29. The van der Waals surface area contributed by atoms with Crippen LogP contribution in [0.15, 0.2) is 15.3 Å². The molecule has 0 aliphatic heterocycles. The van der Waals surface area contributed by atoms with Gasteiger partial charge in [0.05, 0.1) is 17.7 Å². The third kappa shape index (κ3) is 1.48. The second-order valence-electron chi connectivity index (χ2n) is 2.60. The van der Waals surface area contributed by atoms with Gasteiger partial charge in [-0.3, -0.25) is 0 Å². The van der Waals surface area contributed by atoms with Crippen molar-refractivity contribution in [2.75, 3.05) is 0 Å². The highest BCUT2D eigenvalue weighted by Crippen LogP contribution is 2.24. The van der Waals surface area contributed by atoms with E-state index >= 15 is 0 Å². The van der Waals surface area contributed by atoms with Crippen molar-refractivity contribution < 1.29 is 14.6 Å². The summed E-state index contributed by atoms with van der Waals surface area (Å²) >= 11 is 0. The van der Waals surface area contributed by atoms with Gasteiger partial charge in [0.1, 0.15) is 11.5 Å². The molecule has 1 unspecified atom stereocenters. The maximum absolute atomic E-state index is 10.7. The second-order valence-corrected chi connectivity index (χ2v) is 2.60. The van der Waals surface area contributed by atoms with Gasteiger partial charge in [0.15, 0.2) is 0 Å². The molecule has 0 aliphatic rings. The number of aliphatic hydroxyl groups is 1. The van der Waals surface area contributed by atoms with Crippen LogP contribution in [0.25, 0.3) is 0 Å². The van der Waals surface area contributed by atoms with E-state index in [9.17, 15) is 9.90 Å². The van der Waals surface area contributed by atoms with Crippen molar-refractivity contribution in [3.05, 3.63) is 27.8 Å². The first-order valence-corrected chi connectivity index (χ1v) is 3.54. The van der Waals surface area contributed by atoms with E-state index in [1.54, 1.807) is 0 Å². The summed E-state index contributed by atoms with van der Waals surface area (Å²) in [7, 11) is 0. The molecule has 0 amide bonds. The lowest BCUT2D eigenvalue weighted by Crippen LogP contribution is -2.03. The Bertz CT molecular complexity index is 311. The first kappa shape index (κ1) is 8.80. The predicted molar refractivity (Wildman–Crippen MR) is 42.0 cm³/mol. The lowest BCUT2D eigenvalue weighted by molar-refractivity contribution is 0.189. The summed E-state index contributed by atoms with van der Waals surface area (Å²) in [6.07, 6.45) is -0.839. The predicted octanol–water partition coefficient (Wildman–Crippen LogP) is 0.707. The van der Waals surface area contributed by atoms with Crippen LogP contribution in [0.3, 0.4) is 0 Å². The summed E-state index contributed by atoms with van der Waals surface area (Å²) in [6, 6.07) is 0.940. The van der Waals surface area contributed by atoms with Crippen molar-refractivity contribution in [1.82, 2.24) is 0 Å². The van der Waals surface area contributed by atoms with Gasteiger partial charge in [-0.1, -0.05) is 0 Å². The molecule has 4 heteroatoms. The number of aromatic hydroxyl groups is 1. The Balaban J connectivity index is 3.38. The van der Waals surface area contributed by atoms with Crippen LogP contribution in [0.5, 0.6) is 5.75 Å². The SMILES string of the molecule is Cc1oc(=O)cc(O)c1C(C)O. The average molecular weight is 170 g/mol. The summed E-state index contributed by atoms with van der Waals surface area (Å²) < 4.78 is 4.67. The number of hydrogen-bond acceptors (Lipinski definition) is 4. The monoisotopic (exact) mass is 170 g/mol. The van der Waals surface area contributed by atoms with Gasteiger partial charge in [-0.25, -0.2) is 4.79 Å². The number of aliphatic hydroxyl groups excluding tert-OH is 1. The van der Waals surface area contributed by atoms with Crippen molar-refractivity contribution in [3.8, 4) is 5.75 Å². The van der Waals surface area contributed by atoms with E-state index < -0.39 is 11.7 Å². The van der Waals surface area contributed by atoms with Crippen LogP contribution in [0.2, 0.25) is 0 Å². The first-order valence-electron chi connectivity index (χ1n) is 3.54. The Morgan fingerprint density at radius 2 is 2.17 bits per heavy atom. The van der Waals surface area contributed by atoms with Gasteiger partial charge in [0.25, 0.3) is 0 Å². The van der Waals surface area contributed by atoms with E-state index in [1.165, 1.54) is 13.8 Å². The van der Waals surface area contributed by atoms with Crippen LogP contribution in [0.1, 0.15) is 24.4 Å². The molecule has 4 nitrogen and oxygen atoms in total.